The molecule has 2 heterocycles. The lowest BCUT2D eigenvalue weighted by molar-refractivity contribution is 0.168. The molecule has 0 saturated heterocycles. The Balaban J connectivity index is 2.12. The van der Waals surface area contributed by atoms with Crippen molar-refractivity contribution in [3.8, 4) is 22.5 Å². The van der Waals surface area contributed by atoms with Crippen LogP contribution in [0.3, 0.4) is 0 Å². The van der Waals surface area contributed by atoms with Gasteiger partial charge in [0, 0.05) is 51.2 Å². The number of nitrogens with zero attached hydrogens (tertiary/aromatic N) is 4. The Morgan fingerprint density at radius 3 is 2.75 bits per heavy atom. The second-order valence-electron chi connectivity index (χ2n) is 7.76. The van der Waals surface area contributed by atoms with Gasteiger partial charge in [0.1, 0.15) is 5.69 Å². The standard InChI is InChI=1S/C22H27ClFN7O4S/c1-12(2)31-11-16(17-6-7-25-21(28-17)26-10-13(3)27-22(32)35-4)20(29-31)15-8-14(23)9-18(19(15)24)30-36(5,33)34/h6-9,11-13,30H,10H2,1-5H3,(H,27,32)(H,25,26,28)/t13-/m1/s1/i3D3,10D2. The van der Waals surface area contributed by atoms with Gasteiger partial charge < -0.3 is 15.4 Å². The highest BCUT2D eigenvalue weighted by molar-refractivity contribution is 7.92. The molecule has 194 valence electrons. The molecule has 1 amide bonds. The number of alkyl carbamates (subject to hydrolysis) is 1. The molecule has 2 aromatic heterocycles. The fourth-order valence-electron chi connectivity index (χ4n) is 3.00. The van der Waals surface area contributed by atoms with Crippen LogP contribution in [0.1, 0.15) is 33.6 Å². The zero-order valence-corrected chi connectivity index (χ0v) is 21.2. The van der Waals surface area contributed by atoms with Gasteiger partial charge in [0.2, 0.25) is 16.0 Å². The van der Waals surface area contributed by atoms with Crippen molar-refractivity contribution < 1.29 is 29.2 Å². The van der Waals surface area contributed by atoms with E-state index in [4.69, 9.17) is 18.5 Å². The number of hydrogen-bond acceptors (Lipinski definition) is 8. The molecule has 3 rings (SSSR count). The van der Waals surface area contributed by atoms with Gasteiger partial charge in [-0.05, 0) is 38.9 Å². The van der Waals surface area contributed by atoms with E-state index in [1.54, 1.807) is 6.20 Å². The highest BCUT2D eigenvalue weighted by Gasteiger charge is 2.22. The summed E-state index contributed by atoms with van der Waals surface area (Å²) in [5.74, 6) is -1.31. The maximum Gasteiger partial charge on any atom is 0.407 e. The Morgan fingerprint density at radius 1 is 1.36 bits per heavy atom. The van der Waals surface area contributed by atoms with Gasteiger partial charge >= 0.3 is 6.09 Å². The molecule has 0 aliphatic rings. The Bertz CT molecular complexity index is 1550. The first-order valence-electron chi connectivity index (χ1n) is 12.8. The summed E-state index contributed by atoms with van der Waals surface area (Å²) in [6.07, 6.45) is 2.50. The lowest BCUT2D eigenvalue weighted by Gasteiger charge is -2.14. The fraction of sp³-hybridized carbons (Fsp3) is 0.364. The van der Waals surface area contributed by atoms with Crippen LogP contribution in [0.5, 0.6) is 0 Å². The highest BCUT2D eigenvalue weighted by atomic mass is 35.5. The molecule has 3 N–H and O–H groups in total. The minimum Gasteiger partial charge on any atom is -0.453 e. The molecule has 0 fully saturated rings. The number of ether oxygens (including phenoxy) is 1. The summed E-state index contributed by atoms with van der Waals surface area (Å²) in [4.78, 5) is 19.9. The Kier molecular flexibility index (Phi) is 6.38. The first kappa shape index (κ1) is 20.7. The molecule has 0 aliphatic carbocycles. The van der Waals surface area contributed by atoms with Gasteiger partial charge in [-0.25, -0.2) is 27.6 Å². The molecule has 1 atom stereocenters. The zero-order valence-electron chi connectivity index (χ0n) is 24.6. The van der Waals surface area contributed by atoms with Crippen LogP contribution < -0.4 is 15.4 Å². The van der Waals surface area contributed by atoms with Crippen molar-refractivity contribution >= 4 is 39.4 Å². The number of amides is 1. The molecule has 14 heteroatoms. The summed E-state index contributed by atoms with van der Waals surface area (Å²) in [7, 11) is -2.85. The monoisotopic (exact) mass is 544 g/mol. The maximum absolute atomic E-state index is 15.6. The summed E-state index contributed by atoms with van der Waals surface area (Å²) in [6, 6.07) is 1.54. The van der Waals surface area contributed by atoms with E-state index in [1.165, 1.54) is 23.0 Å². The van der Waals surface area contributed by atoms with Crippen LogP contribution in [0, 0.1) is 5.82 Å². The molecule has 1 aromatic carbocycles. The quantitative estimate of drug-likeness (QED) is 0.368. The molecule has 0 unspecified atom stereocenters. The summed E-state index contributed by atoms with van der Waals surface area (Å²) in [6.45, 7) is -2.16. The Hall–Kier alpha value is -3.45. The molecule has 0 spiro atoms. The lowest BCUT2D eigenvalue weighted by Crippen LogP contribution is -2.37. The Morgan fingerprint density at radius 2 is 2.11 bits per heavy atom. The van der Waals surface area contributed by atoms with Gasteiger partial charge in [0.05, 0.1) is 27.5 Å². The summed E-state index contributed by atoms with van der Waals surface area (Å²) in [5.41, 5.74) is -0.131. The molecule has 3 aromatic rings. The van der Waals surface area contributed by atoms with Gasteiger partial charge in [-0.2, -0.15) is 5.10 Å². The number of rotatable bonds is 9. The second kappa shape index (κ2) is 11.1. The van der Waals surface area contributed by atoms with Crippen molar-refractivity contribution in [2.75, 3.05) is 29.9 Å². The van der Waals surface area contributed by atoms with E-state index < -0.39 is 47.0 Å². The number of hydrogen-bond donors (Lipinski definition) is 3. The number of sulfonamides is 1. The van der Waals surface area contributed by atoms with E-state index in [0.717, 1.165) is 19.4 Å². The van der Waals surface area contributed by atoms with Crippen molar-refractivity contribution in [2.45, 2.75) is 32.8 Å². The van der Waals surface area contributed by atoms with E-state index >= 15 is 4.39 Å². The number of nitrogens with one attached hydrogen (secondary N) is 3. The third-order valence-corrected chi connectivity index (χ3v) is 5.37. The van der Waals surface area contributed by atoms with Gasteiger partial charge in [-0.3, -0.25) is 9.40 Å². The largest absolute Gasteiger partial charge is 0.453 e. The number of benzene rings is 1. The van der Waals surface area contributed by atoms with Gasteiger partial charge in [0.25, 0.3) is 0 Å². The third kappa shape index (κ3) is 6.82. The first-order chi connectivity index (χ1) is 18.8. The summed E-state index contributed by atoms with van der Waals surface area (Å²) in [5, 5.41) is 8.72. The number of carbonyl (C=O) groups is 1. The molecule has 0 aliphatic heterocycles. The van der Waals surface area contributed by atoms with Crippen LogP contribution in [-0.2, 0) is 14.8 Å². The smallest absolute Gasteiger partial charge is 0.407 e. The number of anilines is 2. The molecule has 36 heavy (non-hydrogen) atoms. The van der Waals surface area contributed by atoms with Crippen molar-refractivity contribution in [1.29, 1.82) is 0 Å². The number of methoxy groups -OCH3 is 1. The van der Waals surface area contributed by atoms with Gasteiger partial charge in [0.15, 0.2) is 5.82 Å². The van der Waals surface area contributed by atoms with E-state index in [-0.39, 0.29) is 39.5 Å². The molecule has 0 saturated carbocycles. The topological polar surface area (TPSA) is 140 Å². The molecule has 11 nitrogen and oxygen atoms in total. The number of carbonyl (C=O) groups excluding carboxylic acids is 1. The van der Waals surface area contributed by atoms with Crippen molar-refractivity contribution in [1.82, 2.24) is 25.1 Å². The van der Waals surface area contributed by atoms with Crippen LogP contribution in [0.25, 0.3) is 22.5 Å². The van der Waals surface area contributed by atoms with Crippen molar-refractivity contribution in [2.24, 2.45) is 0 Å². The predicted molar refractivity (Wildman–Crippen MR) is 136 cm³/mol. The molecular formula is C22H27ClFN7O4S. The molecule has 0 radical (unpaired) electrons. The van der Waals surface area contributed by atoms with E-state index in [0.29, 0.717) is 0 Å². The number of aromatic nitrogens is 4. The summed E-state index contributed by atoms with van der Waals surface area (Å²) >= 11 is 6.18. The van der Waals surface area contributed by atoms with E-state index in [9.17, 15) is 13.2 Å². The Labute approximate surface area is 220 Å². The fourth-order valence-corrected chi connectivity index (χ4v) is 3.76. The van der Waals surface area contributed by atoms with Crippen molar-refractivity contribution in [3.63, 3.8) is 0 Å². The predicted octanol–water partition coefficient (Wildman–Crippen LogP) is 3.91. The summed E-state index contributed by atoms with van der Waals surface area (Å²) < 4.78 is 86.8. The van der Waals surface area contributed by atoms with Crippen LogP contribution >= 0.6 is 11.6 Å². The first-order valence-corrected chi connectivity index (χ1v) is 12.6. The van der Waals surface area contributed by atoms with Crippen LogP contribution in [-0.4, -0.2) is 60.2 Å². The minimum absolute atomic E-state index is 0.0182. The van der Waals surface area contributed by atoms with Gasteiger partial charge in [-0.15, -0.1) is 0 Å². The van der Waals surface area contributed by atoms with Crippen LogP contribution in [0.4, 0.5) is 20.8 Å². The SMILES string of the molecule is [2H]C([2H])([2H])[C@@H](NC(=O)OC)C([2H])([2H])Nc1nccc(-c2cn(C(C)C)nc2-c2cc(Cl)cc(NS(C)(=O)=O)c2F)n1. The van der Waals surface area contributed by atoms with Crippen LogP contribution in [0.2, 0.25) is 5.02 Å². The average molecular weight is 545 g/mol. The van der Waals surface area contributed by atoms with Crippen LogP contribution in [0.15, 0.2) is 30.6 Å². The lowest BCUT2D eigenvalue weighted by atomic mass is 10.0. The molecule has 0 bridgehead atoms. The van der Waals surface area contributed by atoms with E-state index in [1.807, 2.05) is 19.2 Å². The average Bonchev–Trinajstić information content (AvgIpc) is 3.28. The molecular weight excluding hydrogens is 513 g/mol. The highest BCUT2D eigenvalue weighted by Crippen LogP contribution is 2.37. The van der Waals surface area contributed by atoms with Gasteiger partial charge in [-0.1, -0.05) is 11.6 Å². The minimum atomic E-state index is -3.85. The normalized spacial score (nSPS) is 15.1. The van der Waals surface area contributed by atoms with Crippen molar-refractivity contribution in [3.05, 3.63) is 41.4 Å². The van der Waals surface area contributed by atoms with E-state index in [2.05, 4.69) is 29.8 Å². The third-order valence-electron chi connectivity index (χ3n) is 4.56. The second-order valence-corrected chi connectivity index (χ2v) is 9.94. The number of halogens is 2. The zero-order chi connectivity index (χ0) is 30.9. The maximum atomic E-state index is 15.6.